The molecule has 0 radical (unpaired) electrons. The smallest absolute Gasteiger partial charge is 0.407 e. The second-order valence-corrected chi connectivity index (χ2v) is 4.30. The lowest BCUT2D eigenvalue weighted by atomic mass is 10.1. The molecule has 0 aliphatic carbocycles. The van der Waals surface area contributed by atoms with Crippen molar-refractivity contribution in [2.45, 2.75) is 13.0 Å². The monoisotopic (exact) mass is 234 g/mol. The van der Waals surface area contributed by atoms with Crippen molar-refractivity contribution in [3.05, 3.63) is 35.9 Å². The lowest BCUT2D eigenvalue weighted by Crippen LogP contribution is -2.26. The van der Waals surface area contributed by atoms with Gasteiger partial charge in [-0.05, 0) is 18.5 Å². The van der Waals surface area contributed by atoms with Gasteiger partial charge in [0.2, 0.25) is 0 Å². The second-order valence-electron chi connectivity index (χ2n) is 4.30. The fourth-order valence-electron chi connectivity index (χ4n) is 1.87. The van der Waals surface area contributed by atoms with Gasteiger partial charge in [0, 0.05) is 19.0 Å². The topological polar surface area (TPSA) is 50.4 Å². The summed E-state index contributed by atoms with van der Waals surface area (Å²) in [4.78, 5) is 11.4. The van der Waals surface area contributed by atoms with E-state index in [2.05, 4.69) is 10.6 Å². The van der Waals surface area contributed by atoms with Crippen molar-refractivity contribution in [1.29, 1.82) is 0 Å². The highest BCUT2D eigenvalue weighted by Crippen LogP contribution is 2.07. The van der Waals surface area contributed by atoms with E-state index in [0.29, 0.717) is 19.1 Å². The normalized spacial score (nSPS) is 18.9. The van der Waals surface area contributed by atoms with Crippen LogP contribution in [0.4, 0.5) is 4.79 Å². The van der Waals surface area contributed by atoms with E-state index in [1.807, 2.05) is 30.3 Å². The number of ether oxygens (including phenoxy) is 1. The Morgan fingerprint density at radius 2 is 2.24 bits per heavy atom. The Morgan fingerprint density at radius 1 is 1.41 bits per heavy atom. The van der Waals surface area contributed by atoms with Gasteiger partial charge in [0.15, 0.2) is 0 Å². The first-order valence-electron chi connectivity index (χ1n) is 6.00. The molecule has 1 fully saturated rings. The molecule has 17 heavy (non-hydrogen) atoms. The van der Waals surface area contributed by atoms with Crippen molar-refractivity contribution in [1.82, 2.24) is 10.6 Å². The molecule has 1 aliphatic rings. The van der Waals surface area contributed by atoms with E-state index in [-0.39, 0.29) is 6.09 Å². The Hall–Kier alpha value is -1.55. The minimum atomic E-state index is -0.333. The third-order valence-electron chi connectivity index (χ3n) is 2.89. The largest absolute Gasteiger partial charge is 0.449 e. The number of hydrogen-bond donors (Lipinski definition) is 2. The van der Waals surface area contributed by atoms with E-state index in [4.69, 9.17) is 4.74 Å². The van der Waals surface area contributed by atoms with Gasteiger partial charge in [-0.15, -0.1) is 0 Å². The summed E-state index contributed by atoms with van der Waals surface area (Å²) < 4.78 is 5.16. The molecule has 0 bridgehead atoms. The third-order valence-corrected chi connectivity index (χ3v) is 2.89. The fourth-order valence-corrected chi connectivity index (χ4v) is 1.87. The quantitative estimate of drug-likeness (QED) is 0.830. The van der Waals surface area contributed by atoms with Crippen LogP contribution in [0.2, 0.25) is 0 Å². The Kier molecular flexibility index (Phi) is 4.38. The van der Waals surface area contributed by atoms with E-state index in [1.165, 1.54) is 0 Å². The van der Waals surface area contributed by atoms with Crippen molar-refractivity contribution in [2.75, 3.05) is 19.7 Å². The average molecular weight is 234 g/mol. The molecule has 2 N–H and O–H groups in total. The van der Waals surface area contributed by atoms with E-state index in [1.54, 1.807) is 0 Å². The van der Waals surface area contributed by atoms with E-state index in [0.717, 1.165) is 25.1 Å². The first-order valence-corrected chi connectivity index (χ1v) is 6.00. The second kappa shape index (κ2) is 6.25. The van der Waals surface area contributed by atoms with Crippen LogP contribution in [0, 0.1) is 5.92 Å². The Bertz CT molecular complexity index is 348. The SMILES string of the molecule is O=C(NCc1ccccc1)OC[C@H]1CCNC1. The summed E-state index contributed by atoms with van der Waals surface area (Å²) >= 11 is 0. The van der Waals surface area contributed by atoms with Crippen LogP contribution < -0.4 is 10.6 Å². The van der Waals surface area contributed by atoms with Gasteiger partial charge < -0.3 is 15.4 Å². The number of alkyl carbamates (subject to hydrolysis) is 1. The van der Waals surface area contributed by atoms with Gasteiger partial charge >= 0.3 is 6.09 Å². The van der Waals surface area contributed by atoms with Gasteiger partial charge in [-0.2, -0.15) is 0 Å². The van der Waals surface area contributed by atoms with Gasteiger partial charge in [-0.3, -0.25) is 0 Å². The highest BCUT2D eigenvalue weighted by Gasteiger charge is 2.16. The molecule has 1 saturated heterocycles. The molecule has 0 unspecified atom stereocenters. The minimum Gasteiger partial charge on any atom is -0.449 e. The number of rotatable bonds is 4. The zero-order valence-corrected chi connectivity index (χ0v) is 9.82. The van der Waals surface area contributed by atoms with Crippen LogP contribution in [0.3, 0.4) is 0 Å². The number of hydrogen-bond acceptors (Lipinski definition) is 3. The van der Waals surface area contributed by atoms with Crippen LogP contribution in [0.1, 0.15) is 12.0 Å². The number of carbonyl (C=O) groups is 1. The molecule has 4 heteroatoms. The van der Waals surface area contributed by atoms with Crippen molar-refractivity contribution in [2.24, 2.45) is 5.92 Å². The van der Waals surface area contributed by atoms with Gasteiger partial charge in [-0.25, -0.2) is 4.79 Å². The van der Waals surface area contributed by atoms with Crippen LogP contribution in [-0.2, 0) is 11.3 Å². The van der Waals surface area contributed by atoms with Gasteiger partial charge in [-0.1, -0.05) is 30.3 Å². The summed E-state index contributed by atoms with van der Waals surface area (Å²) in [5.41, 5.74) is 1.08. The molecule has 1 heterocycles. The lowest BCUT2D eigenvalue weighted by Gasteiger charge is -2.10. The first-order chi connectivity index (χ1) is 8.34. The maximum atomic E-state index is 11.4. The summed E-state index contributed by atoms with van der Waals surface area (Å²) in [6.07, 6.45) is 0.757. The summed E-state index contributed by atoms with van der Waals surface area (Å²) in [5.74, 6) is 0.470. The molecule has 0 saturated carbocycles. The molecule has 1 atom stereocenters. The summed E-state index contributed by atoms with van der Waals surface area (Å²) in [6, 6.07) is 9.80. The molecule has 1 aromatic carbocycles. The molecule has 0 spiro atoms. The van der Waals surface area contributed by atoms with Crippen molar-refractivity contribution >= 4 is 6.09 Å². The average Bonchev–Trinajstić information content (AvgIpc) is 2.88. The highest BCUT2D eigenvalue weighted by atomic mass is 16.5. The molecule has 1 aliphatic heterocycles. The van der Waals surface area contributed by atoms with Crippen LogP contribution in [0.25, 0.3) is 0 Å². The Morgan fingerprint density at radius 3 is 2.94 bits per heavy atom. The number of nitrogens with one attached hydrogen (secondary N) is 2. The number of amides is 1. The van der Waals surface area contributed by atoms with Crippen LogP contribution in [0.15, 0.2) is 30.3 Å². The predicted octanol–water partition coefficient (Wildman–Crippen LogP) is 1.52. The van der Waals surface area contributed by atoms with Crippen LogP contribution in [0.5, 0.6) is 0 Å². The molecule has 1 amide bonds. The van der Waals surface area contributed by atoms with E-state index >= 15 is 0 Å². The molecule has 92 valence electrons. The fraction of sp³-hybridized carbons (Fsp3) is 0.462. The van der Waals surface area contributed by atoms with Gasteiger partial charge in [0.1, 0.15) is 0 Å². The Labute approximate surface area is 101 Å². The van der Waals surface area contributed by atoms with Crippen molar-refractivity contribution < 1.29 is 9.53 Å². The molecule has 1 aromatic rings. The summed E-state index contributed by atoms with van der Waals surface area (Å²) in [5, 5.41) is 5.98. The van der Waals surface area contributed by atoms with Crippen molar-refractivity contribution in [3.63, 3.8) is 0 Å². The number of carbonyl (C=O) groups excluding carboxylic acids is 1. The van der Waals surface area contributed by atoms with E-state index < -0.39 is 0 Å². The first kappa shape index (κ1) is 11.9. The predicted molar refractivity (Wildman–Crippen MR) is 65.6 cm³/mol. The molecule has 2 rings (SSSR count). The standard InChI is InChI=1S/C13H18N2O2/c16-13(17-10-12-6-7-14-8-12)15-9-11-4-2-1-3-5-11/h1-5,12,14H,6-10H2,(H,15,16)/t12-/m0/s1. The summed E-state index contributed by atoms with van der Waals surface area (Å²) in [7, 11) is 0. The molecule has 0 aromatic heterocycles. The highest BCUT2D eigenvalue weighted by molar-refractivity contribution is 5.67. The lowest BCUT2D eigenvalue weighted by molar-refractivity contribution is 0.129. The molecular weight excluding hydrogens is 216 g/mol. The van der Waals surface area contributed by atoms with E-state index in [9.17, 15) is 4.79 Å². The zero-order chi connectivity index (χ0) is 11.9. The maximum Gasteiger partial charge on any atom is 0.407 e. The maximum absolute atomic E-state index is 11.4. The zero-order valence-electron chi connectivity index (χ0n) is 9.82. The van der Waals surface area contributed by atoms with Crippen LogP contribution in [-0.4, -0.2) is 25.8 Å². The Balaban J connectivity index is 1.64. The van der Waals surface area contributed by atoms with Gasteiger partial charge in [0.25, 0.3) is 0 Å². The number of benzene rings is 1. The third kappa shape index (κ3) is 4.07. The minimum absolute atomic E-state index is 0.333. The molecular formula is C13H18N2O2. The van der Waals surface area contributed by atoms with Crippen LogP contribution >= 0.6 is 0 Å². The molecule has 4 nitrogen and oxygen atoms in total. The summed E-state index contributed by atoms with van der Waals surface area (Å²) in [6.45, 7) is 3.00. The van der Waals surface area contributed by atoms with Crippen molar-refractivity contribution in [3.8, 4) is 0 Å². The van der Waals surface area contributed by atoms with Gasteiger partial charge in [0.05, 0.1) is 6.61 Å².